The number of rotatable bonds is 2. The van der Waals surface area contributed by atoms with E-state index >= 15 is 0 Å². The van der Waals surface area contributed by atoms with E-state index in [-0.39, 0.29) is 5.56 Å². The van der Waals surface area contributed by atoms with Crippen LogP contribution in [0.2, 0.25) is 0 Å². The van der Waals surface area contributed by atoms with Gasteiger partial charge < -0.3 is 10.6 Å². The number of aromatic nitrogens is 3. The van der Waals surface area contributed by atoms with Gasteiger partial charge in [-0.15, -0.1) is 0 Å². The minimum absolute atomic E-state index is 0.0276. The van der Waals surface area contributed by atoms with Crippen molar-refractivity contribution in [2.75, 3.05) is 10.6 Å². The van der Waals surface area contributed by atoms with E-state index < -0.39 is 0 Å². The Hall–Kier alpha value is -2.80. The molecule has 0 radical (unpaired) electrons. The van der Waals surface area contributed by atoms with Crippen LogP contribution in [0.25, 0.3) is 10.9 Å². The number of pyridine rings is 1. The lowest BCUT2D eigenvalue weighted by atomic mass is 10.2. The molecule has 2 aromatic heterocycles. The zero-order valence-electron chi connectivity index (χ0n) is 15.2. The molecule has 27 heavy (non-hydrogen) atoms. The summed E-state index contributed by atoms with van der Waals surface area (Å²) in [4.78, 5) is 22.0. The van der Waals surface area contributed by atoms with Gasteiger partial charge in [-0.3, -0.25) is 9.36 Å². The fourth-order valence-electron chi connectivity index (χ4n) is 3.39. The van der Waals surface area contributed by atoms with E-state index in [1.165, 1.54) is 0 Å². The number of anilines is 2. The molecule has 138 valence electrons. The normalized spacial score (nSPS) is 13.7. The third kappa shape index (κ3) is 3.83. The summed E-state index contributed by atoms with van der Waals surface area (Å²) in [5.41, 5.74) is 2.42. The maximum atomic E-state index is 12.9. The molecule has 1 aliphatic heterocycles. The Morgan fingerprint density at radius 2 is 2.00 bits per heavy atom. The van der Waals surface area contributed by atoms with Gasteiger partial charge in [-0.25, -0.2) is 9.97 Å². The lowest BCUT2D eigenvalue weighted by molar-refractivity contribution is 0.614. The van der Waals surface area contributed by atoms with Gasteiger partial charge in [0.15, 0.2) is 5.11 Å². The SMILES string of the molecule is Cc1cccc(NC(=S)Nc2ccc3nc4n(c(=O)c3c2)CCCCC4)n1. The molecule has 0 saturated heterocycles. The second kappa shape index (κ2) is 7.44. The predicted molar refractivity (Wildman–Crippen MR) is 112 cm³/mol. The highest BCUT2D eigenvalue weighted by Crippen LogP contribution is 2.18. The Balaban J connectivity index is 1.60. The van der Waals surface area contributed by atoms with Crippen molar-refractivity contribution in [3.8, 4) is 0 Å². The van der Waals surface area contributed by atoms with Crippen LogP contribution < -0.4 is 16.2 Å². The van der Waals surface area contributed by atoms with Crippen LogP contribution in [-0.2, 0) is 13.0 Å². The molecular weight excluding hydrogens is 358 g/mol. The summed E-state index contributed by atoms with van der Waals surface area (Å²) in [7, 11) is 0. The molecule has 1 aliphatic rings. The number of benzene rings is 1. The van der Waals surface area contributed by atoms with Gasteiger partial charge in [0.1, 0.15) is 11.6 Å². The van der Waals surface area contributed by atoms with Crippen LogP contribution in [0.15, 0.2) is 41.2 Å². The monoisotopic (exact) mass is 379 g/mol. The number of thiocarbonyl (C=S) groups is 1. The average molecular weight is 379 g/mol. The fourth-order valence-corrected chi connectivity index (χ4v) is 3.61. The lowest BCUT2D eigenvalue weighted by Crippen LogP contribution is -2.25. The van der Waals surface area contributed by atoms with E-state index in [9.17, 15) is 4.79 Å². The van der Waals surface area contributed by atoms with Gasteiger partial charge >= 0.3 is 0 Å². The van der Waals surface area contributed by atoms with E-state index in [2.05, 4.69) is 15.6 Å². The van der Waals surface area contributed by atoms with Gasteiger partial charge in [0, 0.05) is 24.3 Å². The number of nitrogens with one attached hydrogen (secondary N) is 2. The third-order valence-corrected chi connectivity index (χ3v) is 4.91. The van der Waals surface area contributed by atoms with Crippen molar-refractivity contribution in [1.82, 2.24) is 14.5 Å². The summed E-state index contributed by atoms with van der Waals surface area (Å²) in [6, 6.07) is 11.3. The van der Waals surface area contributed by atoms with Crippen molar-refractivity contribution in [2.24, 2.45) is 0 Å². The van der Waals surface area contributed by atoms with Crippen LogP contribution in [0.4, 0.5) is 11.5 Å². The Morgan fingerprint density at radius 1 is 1.11 bits per heavy atom. The van der Waals surface area contributed by atoms with E-state index in [0.29, 0.717) is 16.3 Å². The van der Waals surface area contributed by atoms with Gasteiger partial charge in [0.2, 0.25) is 0 Å². The molecule has 3 heterocycles. The summed E-state index contributed by atoms with van der Waals surface area (Å²) in [6.45, 7) is 2.67. The Bertz CT molecular complexity index is 1080. The zero-order chi connectivity index (χ0) is 18.8. The van der Waals surface area contributed by atoms with Crippen molar-refractivity contribution in [1.29, 1.82) is 0 Å². The lowest BCUT2D eigenvalue weighted by Gasteiger charge is -2.13. The minimum atomic E-state index is 0.0276. The van der Waals surface area contributed by atoms with Crippen LogP contribution in [-0.4, -0.2) is 19.6 Å². The smallest absolute Gasteiger partial charge is 0.261 e. The van der Waals surface area contributed by atoms with Crippen molar-refractivity contribution in [3.05, 3.63) is 58.3 Å². The van der Waals surface area contributed by atoms with E-state index in [4.69, 9.17) is 17.2 Å². The van der Waals surface area contributed by atoms with Crippen LogP contribution >= 0.6 is 12.2 Å². The first-order chi connectivity index (χ1) is 13.1. The number of aryl methyl sites for hydroxylation is 2. The minimum Gasteiger partial charge on any atom is -0.332 e. The van der Waals surface area contributed by atoms with Gasteiger partial charge in [0.05, 0.1) is 10.9 Å². The molecule has 3 aromatic rings. The van der Waals surface area contributed by atoms with Crippen molar-refractivity contribution < 1.29 is 0 Å². The maximum absolute atomic E-state index is 12.9. The molecule has 0 amide bonds. The topological polar surface area (TPSA) is 71.8 Å². The zero-order valence-corrected chi connectivity index (χ0v) is 16.0. The van der Waals surface area contributed by atoms with Gasteiger partial charge in [0.25, 0.3) is 5.56 Å². The fraction of sp³-hybridized carbons (Fsp3) is 0.300. The first kappa shape index (κ1) is 17.6. The number of hydrogen-bond donors (Lipinski definition) is 2. The molecule has 0 bridgehead atoms. The second-order valence-corrected chi connectivity index (χ2v) is 7.18. The highest BCUT2D eigenvalue weighted by Gasteiger charge is 2.14. The molecule has 0 fully saturated rings. The van der Waals surface area contributed by atoms with Gasteiger partial charge in [-0.1, -0.05) is 12.5 Å². The summed E-state index contributed by atoms with van der Waals surface area (Å²) in [6.07, 6.45) is 4.11. The molecule has 7 heteroatoms. The van der Waals surface area contributed by atoms with Crippen LogP contribution in [0, 0.1) is 6.92 Å². The predicted octanol–water partition coefficient (Wildman–Crippen LogP) is 3.64. The highest BCUT2D eigenvalue weighted by molar-refractivity contribution is 7.80. The summed E-state index contributed by atoms with van der Waals surface area (Å²) >= 11 is 5.37. The molecule has 1 aromatic carbocycles. The molecule has 0 unspecified atom stereocenters. The largest absolute Gasteiger partial charge is 0.332 e. The highest BCUT2D eigenvalue weighted by atomic mass is 32.1. The van der Waals surface area contributed by atoms with Crippen LogP contribution in [0.5, 0.6) is 0 Å². The second-order valence-electron chi connectivity index (χ2n) is 6.77. The molecule has 4 rings (SSSR count). The average Bonchev–Trinajstić information content (AvgIpc) is 2.88. The number of hydrogen-bond acceptors (Lipinski definition) is 4. The first-order valence-corrected chi connectivity index (χ1v) is 9.56. The van der Waals surface area contributed by atoms with Crippen LogP contribution in [0.3, 0.4) is 0 Å². The summed E-state index contributed by atoms with van der Waals surface area (Å²) in [5.74, 6) is 1.58. The standard InChI is InChI=1S/C20H21N5OS/c1-13-6-5-7-17(21-13)24-20(27)22-14-9-10-16-15(12-14)19(26)25-11-4-2-3-8-18(25)23-16/h5-7,9-10,12H,2-4,8,11H2,1H3,(H2,21,22,24,27). The third-order valence-electron chi connectivity index (χ3n) is 4.70. The molecule has 0 spiro atoms. The van der Waals surface area contributed by atoms with Crippen molar-refractivity contribution in [2.45, 2.75) is 39.2 Å². The Labute approximate surface area is 162 Å². The van der Waals surface area contributed by atoms with Crippen molar-refractivity contribution >= 4 is 39.7 Å². The van der Waals surface area contributed by atoms with E-state index in [0.717, 1.165) is 55.0 Å². The van der Waals surface area contributed by atoms with E-state index in [1.54, 1.807) is 0 Å². The van der Waals surface area contributed by atoms with Gasteiger partial charge in [-0.2, -0.15) is 0 Å². The van der Waals surface area contributed by atoms with E-state index in [1.807, 2.05) is 47.9 Å². The number of fused-ring (bicyclic) bond motifs is 2. The molecule has 0 atom stereocenters. The Kier molecular flexibility index (Phi) is 4.85. The first-order valence-electron chi connectivity index (χ1n) is 9.15. The summed E-state index contributed by atoms with van der Waals surface area (Å²) in [5, 5.41) is 7.23. The summed E-state index contributed by atoms with van der Waals surface area (Å²) < 4.78 is 1.83. The molecular formula is C20H21N5OS. The number of nitrogens with zero attached hydrogens (tertiary/aromatic N) is 3. The molecule has 2 N–H and O–H groups in total. The Morgan fingerprint density at radius 3 is 2.85 bits per heavy atom. The molecule has 0 saturated carbocycles. The quantitative estimate of drug-likeness (QED) is 0.663. The van der Waals surface area contributed by atoms with Crippen LogP contribution in [0.1, 0.15) is 30.8 Å². The maximum Gasteiger partial charge on any atom is 0.261 e. The van der Waals surface area contributed by atoms with Gasteiger partial charge in [-0.05, 0) is 62.3 Å². The molecule has 6 nitrogen and oxygen atoms in total. The van der Waals surface area contributed by atoms with Crippen molar-refractivity contribution in [3.63, 3.8) is 0 Å². The molecule has 0 aliphatic carbocycles.